The molecular formula is C20H27ClN4O. The van der Waals surface area contributed by atoms with Crippen molar-refractivity contribution in [2.45, 2.75) is 39.5 Å². The van der Waals surface area contributed by atoms with Gasteiger partial charge in [0.05, 0.1) is 16.9 Å². The number of aryl methyl sites for hydroxylation is 1. The molecule has 0 bridgehead atoms. The minimum Gasteiger partial charge on any atom is -0.371 e. The second-order valence-corrected chi connectivity index (χ2v) is 7.24. The molecule has 1 N–H and O–H groups in total. The highest BCUT2D eigenvalue weighted by atomic mass is 35.5. The first-order chi connectivity index (χ1) is 12.1. The Morgan fingerprint density at radius 1 is 0.962 bits per heavy atom. The Bertz CT molecular complexity index is 811. The summed E-state index contributed by atoms with van der Waals surface area (Å²) < 4.78 is 0. The molecule has 26 heavy (non-hydrogen) atoms. The number of nitrogens with zero attached hydrogens (tertiary/aromatic N) is 3. The number of halogens is 1. The Kier molecular flexibility index (Phi) is 5.56. The van der Waals surface area contributed by atoms with Crippen LogP contribution in [0, 0.1) is 6.92 Å². The molecule has 2 fully saturated rings. The average molecular weight is 375 g/mol. The molecular weight excluding hydrogens is 348 g/mol. The molecule has 2 aliphatic heterocycles. The summed E-state index contributed by atoms with van der Waals surface area (Å²) in [4.78, 5) is 21.3. The summed E-state index contributed by atoms with van der Waals surface area (Å²) in [6.07, 6.45) is 4.93. The zero-order valence-electron chi connectivity index (χ0n) is 15.5. The molecule has 0 saturated carbocycles. The Hall–Kier alpha value is -2.01. The third kappa shape index (κ3) is 3.58. The summed E-state index contributed by atoms with van der Waals surface area (Å²) in [6.45, 7) is 7.95. The van der Waals surface area contributed by atoms with Crippen LogP contribution in [0.2, 0.25) is 0 Å². The molecule has 2 saturated heterocycles. The van der Waals surface area contributed by atoms with E-state index < -0.39 is 0 Å². The van der Waals surface area contributed by atoms with Gasteiger partial charge in [0.25, 0.3) is 0 Å². The third-order valence-corrected chi connectivity index (χ3v) is 5.24. The number of pyridine rings is 1. The van der Waals surface area contributed by atoms with Crippen LogP contribution in [-0.4, -0.2) is 37.1 Å². The van der Waals surface area contributed by atoms with Gasteiger partial charge in [-0.05, 0) is 50.8 Å². The molecule has 6 heteroatoms. The molecule has 3 heterocycles. The first-order valence-corrected chi connectivity index (χ1v) is 9.35. The van der Waals surface area contributed by atoms with Crippen LogP contribution in [0.3, 0.4) is 0 Å². The lowest BCUT2D eigenvalue weighted by atomic mass is 10.1. The molecule has 4 rings (SSSR count). The Morgan fingerprint density at radius 2 is 1.54 bits per heavy atom. The summed E-state index contributed by atoms with van der Waals surface area (Å²) in [5.74, 6) is -0.0350. The van der Waals surface area contributed by atoms with Gasteiger partial charge in [-0.2, -0.15) is 0 Å². The molecule has 0 atom stereocenters. The van der Waals surface area contributed by atoms with E-state index in [2.05, 4.69) is 33.3 Å². The maximum Gasteiger partial charge on any atom is 0.221 e. The zero-order valence-corrected chi connectivity index (χ0v) is 16.4. The van der Waals surface area contributed by atoms with Crippen molar-refractivity contribution in [1.82, 2.24) is 4.98 Å². The topological polar surface area (TPSA) is 48.5 Å². The highest BCUT2D eigenvalue weighted by molar-refractivity contribution is 6.02. The normalized spacial score (nSPS) is 16.8. The van der Waals surface area contributed by atoms with Gasteiger partial charge in [-0.15, -0.1) is 12.4 Å². The standard InChI is InChI=1S/C20H26N4O.ClH/c1-14-11-19(23-7-3-4-8-23)16-12-20(24-9-5-6-10-24)18(22-15(2)25)13-17(16)21-14;/h11-13H,3-10H2,1-2H3,(H,22,25);1H. The van der Waals surface area contributed by atoms with Gasteiger partial charge in [0.1, 0.15) is 0 Å². The summed E-state index contributed by atoms with van der Waals surface area (Å²) in [5, 5.41) is 4.21. The predicted octanol–water partition coefficient (Wildman–Crippen LogP) is 4.12. The number of hydrogen-bond acceptors (Lipinski definition) is 4. The summed E-state index contributed by atoms with van der Waals surface area (Å²) in [6, 6.07) is 6.50. The van der Waals surface area contributed by atoms with Gasteiger partial charge in [-0.1, -0.05) is 0 Å². The quantitative estimate of drug-likeness (QED) is 0.877. The lowest BCUT2D eigenvalue weighted by Gasteiger charge is -2.25. The fourth-order valence-corrected chi connectivity index (χ4v) is 4.10. The van der Waals surface area contributed by atoms with Gasteiger partial charge in [0.15, 0.2) is 0 Å². The first kappa shape index (κ1) is 18.8. The van der Waals surface area contributed by atoms with E-state index in [0.29, 0.717) is 0 Å². The van der Waals surface area contributed by atoms with Crippen molar-refractivity contribution < 1.29 is 4.79 Å². The lowest BCUT2D eigenvalue weighted by Crippen LogP contribution is -2.21. The SMILES string of the molecule is CC(=O)Nc1cc2nc(C)cc(N3CCCC3)c2cc1N1CCCC1.Cl. The molecule has 5 nitrogen and oxygen atoms in total. The Morgan fingerprint density at radius 3 is 2.12 bits per heavy atom. The number of rotatable bonds is 3. The lowest BCUT2D eigenvalue weighted by molar-refractivity contribution is -0.114. The predicted molar refractivity (Wildman–Crippen MR) is 111 cm³/mol. The van der Waals surface area contributed by atoms with Gasteiger partial charge >= 0.3 is 0 Å². The van der Waals surface area contributed by atoms with Gasteiger partial charge in [0, 0.05) is 49.9 Å². The number of nitrogens with one attached hydrogen (secondary N) is 1. The number of hydrogen-bond donors (Lipinski definition) is 1. The number of amides is 1. The molecule has 1 amide bonds. The van der Waals surface area contributed by atoms with E-state index >= 15 is 0 Å². The van der Waals surface area contributed by atoms with Crippen LogP contribution < -0.4 is 15.1 Å². The van der Waals surface area contributed by atoms with Gasteiger partial charge in [0.2, 0.25) is 5.91 Å². The largest absolute Gasteiger partial charge is 0.371 e. The smallest absolute Gasteiger partial charge is 0.221 e. The fraction of sp³-hybridized carbons (Fsp3) is 0.500. The van der Waals surface area contributed by atoms with Crippen molar-refractivity contribution in [2.24, 2.45) is 0 Å². The number of carbonyl (C=O) groups is 1. The van der Waals surface area contributed by atoms with Crippen molar-refractivity contribution in [2.75, 3.05) is 41.3 Å². The first-order valence-electron chi connectivity index (χ1n) is 9.35. The van der Waals surface area contributed by atoms with Crippen LogP contribution >= 0.6 is 12.4 Å². The number of anilines is 3. The second-order valence-electron chi connectivity index (χ2n) is 7.24. The Labute approximate surface area is 161 Å². The van der Waals surface area contributed by atoms with Crippen LogP contribution in [-0.2, 0) is 4.79 Å². The average Bonchev–Trinajstić information content (AvgIpc) is 3.26. The fourth-order valence-electron chi connectivity index (χ4n) is 4.10. The van der Waals surface area contributed by atoms with Crippen molar-refractivity contribution in [3.8, 4) is 0 Å². The number of carbonyl (C=O) groups excluding carboxylic acids is 1. The molecule has 0 radical (unpaired) electrons. The van der Waals surface area contributed by atoms with Crippen LogP contribution in [0.4, 0.5) is 17.1 Å². The van der Waals surface area contributed by atoms with Crippen LogP contribution in [0.5, 0.6) is 0 Å². The van der Waals surface area contributed by atoms with E-state index in [1.165, 1.54) is 36.8 Å². The molecule has 1 aromatic heterocycles. The molecule has 0 spiro atoms. The summed E-state index contributed by atoms with van der Waals surface area (Å²) in [5.41, 5.74) is 5.29. The van der Waals surface area contributed by atoms with Crippen LogP contribution in [0.15, 0.2) is 18.2 Å². The molecule has 2 aromatic rings. The molecule has 1 aromatic carbocycles. The molecule has 0 aliphatic carbocycles. The van der Waals surface area contributed by atoms with E-state index in [0.717, 1.165) is 48.8 Å². The summed E-state index contributed by atoms with van der Waals surface area (Å²) >= 11 is 0. The van der Waals surface area contributed by atoms with Crippen molar-refractivity contribution in [3.05, 3.63) is 23.9 Å². The Balaban J connectivity index is 0.00000196. The number of fused-ring (bicyclic) bond motifs is 1. The molecule has 2 aliphatic rings. The van der Waals surface area contributed by atoms with Crippen molar-refractivity contribution >= 4 is 46.3 Å². The third-order valence-electron chi connectivity index (χ3n) is 5.24. The highest BCUT2D eigenvalue weighted by Crippen LogP contribution is 2.37. The van der Waals surface area contributed by atoms with E-state index in [1.807, 2.05) is 6.92 Å². The summed E-state index contributed by atoms with van der Waals surface area (Å²) in [7, 11) is 0. The van der Waals surface area contributed by atoms with Crippen LogP contribution in [0.1, 0.15) is 38.3 Å². The maximum atomic E-state index is 11.7. The molecule has 140 valence electrons. The maximum absolute atomic E-state index is 11.7. The highest BCUT2D eigenvalue weighted by Gasteiger charge is 2.21. The van der Waals surface area contributed by atoms with Gasteiger partial charge in [-0.3, -0.25) is 9.78 Å². The van der Waals surface area contributed by atoms with Crippen LogP contribution in [0.25, 0.3) is 10.9 Å². The van der Waals surface area contributed by atoms with E-state index in [9.17, 15) is 4.79 Å². The van der Waals surface area contributed by atoms with E-state index in [4.69, 9.17) is 4.98 Å². The van der Waals surface area contributed by atoms with Gasteiger partial charge in [-0.25, -0.2) is 0 Å². The zero-order chi connectivity index (χ0) is 17.4. The minimum atomic E-state index is -0.0350. The number of aromatic nitrogens is 1. The van der Waals surface area contributed by atoms with E-state index in [-0.39, 0.29) is 18.3 Å². The monoisotopic (exact) mass is 374 g/mol. The molecule has 0 unspecified atom stereocenters. The minimum absolute atomic E-state index is 0. The number of benzene rings is 1. The van der Waals surface area contributed by atoms with Gasteiger partial charge < -0.3 is 15.1 Å². The van der Waals surface area contributed by atoms with Crippen molar-refractivity contribution in [1.29, 1.82) is 0 Å². The second kappa shape index (κ2) is 7.70. The van der Waals surface area contributed by atoms with Crippen molar-refractivity contribution in [3.63, 3.8) is 0 Å². The van der Waals surface area contributed by atoms with E-state index in [1.54, 1.807) is 6.92 Å².